The summed E-state index contributed by atoms with van der Waals surface area (Å²) in [5.74, 6) is 1.34. The third kappa shape index (κ3) is 2.79. The van der Waals surface area contributed by atoms with Gasteiger partial charge in [-0.15, -0.1) is 0 Å². The molecule has 0 aromatic rings. The molecule has 0 bridgehead atoms. The first-order chi connectivity index (χ1) is 9.18. The second-order valence-corrected chi connectivity index (χ2v) is 6.74. The molecule has 108 valence electrons. The van der Waals surface area contributed by atoms with Crippen molar-refractivity contribution in [1.29, 1.82) is 0 Å². The minimum atomic E-state index is -0.651. The van der Waals surface area contributed by atoms with Crippen LogP contribution in [0.15, 0.2) is 0 Å². The van der Waals surface area contributed by atoms with Gasteiger partial charge in [-0.05, 0) is 44.1 Å². The molecule has 3 aliphatic rings. The molecule has 0 aromatic heterocycles. The number of amides is 1. The van der Waals surface area contributed by atoms with Crippen LogP contribution in [0.25, 0.3) is 0 Å². The van der Waals surface area contributed by atoms with E-state index in [1.165, 1.54) is 25.7 Å². The Bertz CT molecular complexity index is 339. The van der Waals surface area contributed by atoms with Crippen molar-refractivity contribution in [3.05, 3.63) is 0 Å². The number of nitrogens with one attached hydrogen (secondary N) is 2. The van der Waals surface area contributed by atoms with Crippen LogP contribution >= 0.6 is 0 Å². The quantitative estimate of drug-likeness (QED) is 0.719. The molecule has 0 spiro atoms. The minimum Gasteiger partial charge on any atom is -0.388 e. The highest BCUT2D eigenvalue weighted by atomic mass is 16.3. The largest absolute Gasteiger partial charge is 0.388 e. The van der Waals surface area contributed by atoms with Gasteiger partial charge in [-0.3, -0.25) is 4.79 Å². The summed E-state index contributed by atoms with van der Waals surface area (Å²) >= 11 is 0. The van der Waals surface area contributed by atoms with E-state index in [1.54, 1.807) is 0 Å². The van der Waals surface area contributed by atoms with E-state index in [0.717, 1.165) is 32.2 Å². The average molecular weight is 266 g/mol. The van der Waals surface area contributed by atoms with E-state index in [1.807, 2.05) is 0 Å². The molecule has 4 nitrogen and oxygen atoms in total. The molecule has 2 saturated carbocycles. The van der Waals surface area contributed by atoms with Crippen LogP contribution in [0.4, 0.5) is 0 Å². The van der Waals surface area contributed by atoms with Gasteiger partial charge in [0.15, 0.2) is 0 Å². The highest BCUT2D eigenvalue weighted by Gasteiger charge is 2.42. The Morgan fingerprint density at radius 1 is 1.21 bits per heavy atom. The van der Waals surface area contributed by atoms with Crippen LogP contribution in [0.3, 0.4) is 0 Å². The maximum atomic E-state index is 12.3. The van der Waals surface area contributed by atoms with Crippen molar-refractivity contribution in [3.8, 4) is 0 Å². The van der Waals surface area contributed by atoms with E-state index < -0.39 is 5.60 Å². The van der Waals surface area contributed by atoms with Crippen molar-refractivity contribution in [2.24, 2.45) is 11.8 Å². The van der Waals surface area contributed by atoms with Crippen LogP contribution in [0, 0.1) is 11.8 Å². The van der Waals surface area contributed by atoms with Crippen LogP contribution in [-0.2, 0) is 4.79 Å². The van der Waals surface area contributed by atoms with Crippen molar-refractivity contribution >= 4 is 5.91 Å². The zero-order valence-electron chi connectivity index (χ0n) is 11.7. The van der Waals surface area contributed by atoms with E-state index in [2.05, 4.69) is 10.6 Å². The minimum absolute atomic E-state index is 0.0142. The van der Waals surface area contributed by atoms with E-state index in [0.29, 0.717) is 18.4 Å². The fourth-order valence-electron chi connectivity index (χ4n) is 4.22. The van der Waals surface area contributed by atoms with Crippen molar-refractivity contribution in [2.75, 3.05) is 13.1 Å². The maximum Gasteiger partial charge on any atom is 0.237 e. The molecule has 1 amide bonds. The first-order valence-corrected chi connectivity index (χ1v) is 7.91. The summed E-state index contributed by atoms with van der Waals surface area (Å²) in [6, 6.07) is -0.0142. The number of rotatable bonds is 3. The summed E-state index contributed by atoms with van der Waals surface area (Å²) in [7, 11) is 0. The number of hydrogen-bond acceptors (Lipinski definition) is 3. The summed E-state index contributed by atoms with van der Waals surface area (Å²) in [6.45, 7) is 1.43. The van der Waals surface area contributed by atoms with Crippen LogP contribution in [-0.4, -0.2) is 35.7 Å². The first kappa shape index (κ1) is 13.4. The highest BCUT2D eigenvalue weighted by Crippen LogP contribution is 2.37. The lowest BCUT2D eigenvalue weighted by atomic mass is 9.84. The zero-order chi connectivity index (χ0) is 13.3. The predicted octanol–water partition coefficient (Wildman–Crippen LogP) is 1.19. The van der Waals surface area contributed by atoms with Crippen LogP contribution < -0.4 is 10.6 Å². The number of carbonyl (C=O) groups excluding carboxylic acids is 1. The fraction of sp³-hybridized carbons (Fsp3) is 0.933. The lowest BCUT2D eigenvalue weighted by Crippen LogP contribution is -2.50. The molecule has 2 aliphatic carbocycles. The Hall–Kier alpha value is -0.610. The lowest BCUT2D eigenvalue weighted by Gasteiger charge is -2.32. The molecule has 3 rings (SSSR count). The Balaban J connectivity index is 1.51. The van der Waals surface area contributed by atoms with Crippen molar-refractivity contribution < 1.29 is 9.90 Å². The smallest absolute Gasteiger partial charge is 0.237 e. The van der Waals surface area contributed by atoms with Crippen molar-refractivity contribution in [2.45, 2.75) is 63.0 Å². The van der Waals surface area contributed by atoms with Gasteiger partial charge in [0, 0.05) is 6.54 Å². The molecular weight excluding hydrogens is 240 g/mol. The molecule has 19 heavy (non-hydrogen) atoms. The molecule has 1 saturated heterocycles. The number of fused-ring (bicyclic) bond motifs is 1. The van der Waals surface area contributed by atoms with E-state index in [-0.39, 0.29) is 11.9 Å². The average Bonchev–Trinajstić information content (AvgIpc) is 2.99. The number of carbonyl (C=O) groups is 1. The van der Waals surface area contributed by atoms with Crippen LogP contribution in [0.2, 0.25) is 0 Å². The van der Waals surface area contributed by atoms with Gasteiger partial charge in [-0.2, -0.15) is 0 Å². The molecule has 3 N–H and O–H groups in total. The topological polar surface area (TPSA) is 61.4 Å². The molecule has 0 radical (unpaired) electrons. The van der Waals surface area contributed by atoms with Gasteiger partial charge in [0.1, 0.15) is 0 Å². The third-order valence-corrected chi connectivity index (χ3v) is 5.40. The summed E-state index contributed by atoms with van der Waals surface area (Å²) in [5, 5.41) is 16.8. The lowest BCUT2D eigenvalue weighted by molar-refractivity contribution is -0.125. The Labute approximate surface area is 115 Å². The predicted molar refractivity (Wildman–Crippen MR) is 73.7 cm³/mol. The van der Waals surface area contributed by atoms with Gasteiger partial charge >= 0.3 is 0 Å². The van der Waals surface area contributed by atoms with Gasteiger partial charge in [-0.1, -0.05) is 25.7 Å². The summed E-state index contributed by atoms with van der Waals surface area (Å²) in [4.78, 5) is 12.3. The van der Waals surface area contributed by atoms with Crippen LogP contribution in [0.5, 0.6) is 0 Å². The Kier molecular flexibility index (Phi) is 3.81. The summed E-state index contributed by atoms with van der Waals surface area (Å²) in [5.41, 5.74) is -0.651. The molecule has 3 fully saturated rings. The zero-order valence-corrected chi connectivity index (χ0v) is 11.7. The van der Waals surface area contributed by atoms with Gasteiger partial charge in [0.05, 0.1) is 11.6 Å². The fourth-order valence-corrected chi connectivity index (χ4v) is 4.22. The maximum absolute atomic E-state index is 12.3. The summed E-state index contributed by atoms with van der Waals surface area (Å²) in [6.07, 6.45) is 8.76. The van der Waals surface area contributed by atoms with Crippen molar-refractivity contribution in [3.63, 3.8) is 0 Å². The molecule has 3 unspecified atom stereocenters. The second kappa shape index (κ2) is 5.41. The van der Waals surface area contributed by atoms with Gasteiger partial charge in [0.25, 0.3) is 0 Å². The number of hydrogen-bond donors (Lipinski definition) is 3. The number of aliphatic hydroxyl groups is 1. The van der Waals surface area contributed by atoms with Gasteiger partial charge in [0.2, 0.25) is 5.91 Å². The Morgan fingerprint density at radius 3 is 2.79 bits per heavy atom. The Morgan fingerprint density at radius 2 is 2.00 bits per heavy atom. The summed E-state index contributed by atoms with van der Waals surface area (Å²) < 4.78 is 0. The van der Waals surface area contributed by atoms with E-state index in [4.69, 9.17) is 0 Å². The second-order valence-electron chi connectivity index (χ2n) is 6.74. The normalized spacial score (nSPS) is 37.0. The highest BCUT2D eigenvalue weighted by molar-refractivity contribution is 5.82. The van der Waals surface area contributed by atoms with E-state index in [9.17, 15) is 9.90 Å². The van der Waals surface area contributed by atoms with Crippen LogP contribution in [0.1, 0.15) is 51.4 Å². The first-order valence-electron chi connectivity index (χ1n) is 7.91. The molecule has 4 heteroatoms. The molecule has 1 heterocycles. The van der Waals surface area contributed by atoms with Gasteiger partial charge in [-0.25, -0.2) is 0 Å². The monoisotopic (exact) mass is 266 g/mol. The molecule has 1 aliphatic heterocycles. The van der Waals surface area contributed by atoms with E-state index >= 15 is 0 Å². The van der Waals surface area contributed by atoms with Crippen molar-refractivity contribution in [1.82, 2.24) is 10.6 Å². The molecular formula is C15H26N2O2. The third-order valence-electron chi connectivity index (χ3n) is 5.40. The standard InChI is InChI=1S/C15H26N2O2/c18-14(13-12-6-4-5-11(12)9-16-13)17-10-15(19)7-2-1-3-8-15/h11-13,16,19H,1-10H2,(H,17,18). The molecule has 0 aromatic carbocycles. The SMILES string of the molecule is O=C(NCC1(O)CCCCC1)C1NCC2CCCC21. The van der Waals surface area contributed by atoms with Gasteiger partial charge < -0.3 is 15.7 Å². The molecule has 3 atom stereocenters.